The summed E-state index contributed by atoms with van der Waals surface area (Å²) in [6, 6.07) is 24.1. The van der Waals surface area contributed by atoms with Crippen LogP contribution in [0.2, 0.25) is 0 Å². The molecule has 0 bridgehead atoms. The first kappa shape index (κ1) is 17.9. The molecule has 0 aliphatic rings. The molecule has 3 aromatic rings. The fraction of sp³-hybridized carbons (Fsp3) is 0.174. The molecular formula is C23H21FO2. The lowest BCUT2D eigenvalue weighted by Gasteiger charge is -2.13. The van der Waals surface area contributed by atoms with Crippen molar-refractivity contribution in [2.45, 2.75) is 19.3 Å². The van der Waals surface area contributed by atoms with E-state index in [1.807, 2.05) is 60.7 Å². The molecule has 132 valence electrons. The fourth-order valence-electron chi connectivity index (χ4n) is 2.83. The first-order valence-corrected chi connectivity index (χ1v) is 8.70. The Morgan fingerprint density at radius 1 is 0.962 bits per heavy atom. The van der Waals surface area contributed by atoms with E-state index in [9.17, 15) is 9.18 Å². The van der Waals surface area contributed by atoms with Gasteiger partial charge in [-0.05, 0) is 29.7 Å². The maximum Gasteiger partial charge on any atom is 0.313 e. The van der Waals surface area contributed by atoms with Gasteiger partial charge in [-0.2, -0.15) is 0 Å². The van der Waals surface area contributed by atoms with E-state index in [2.05, 4.69) is 0 Å². The van der Waals surface area contributed by atoms with Crippen LogP contribution in [0.4, 0.5) is 4.39 Å². The van der Waals surface area contributed by atoms with Gasteiger partial charge >= 0.3 is 5.97 Å². The van der Waals surface area contributed by atoms with Crippen LogP contribution in [0.15, 0.2) is 78.9 Å². The third-order valence-electron chi connectivity index (χ3n) is 4.41. The zero-order valence-corrected chi connectivity index (χ0v) is 14.7. The van der Waals surface area contributed by atoms with Crippen LogP contribution >= 0.6 is 0 Å². The number of carbonyl (C=O) groups is 1. The van der Waals surface area contributed by atoms with Crippen molar-refractivity contribution in [3.05, 3.63) is 95.8 Å². The predicted molar refractivity (Wildman–Crippen MR) is 101 cm³/mol. The molecule has 0 aliphatic carbocycles. The summed E-state index contributed by atoms with van der Waals surface area (Å²) in [7, 11) is 0. The van der Waals surface area contributed by atoms with E-state index in [4.69, 9.17) is 4.74 Å². The minimum absolute atomic E-state index is 0.317. The number of halogens is 1. The molecule has 0 spiro atoms. The van der Waals surface area contributed by atoms with Crippen LogP contribution in [0.5, 0.6) is 0 Å². The third kappa shape index (κ3) is 4.37. The normalized spacial score (nSPS) is 11.8. The number of esters is 1. The maximum absolute atomic E-state index is 14.5. The molecule has 26 heavy (non-hydrogen) atoms. The van der Waals surface area contributed by atoms with Crippen LogP contribution in [0.1, 0.15) is 24.0 Å². The van der Waals surface area contributed by atoms with Crippen LogP contribution in [-0.2, 0) is 16.0 Å². The molecular weight excluding hydrogens is 327 g/mol. The SMILES string of the molecule is C[C@@H](C(=O)OCCc1ccccc1)c1ccc(-c2ccccc2)c(F)c1. The third-order valence-corrected chi connectivity index (χ3v) is 4.41. The molecule has 0 fully saturated rings. The number of benzene rings is 3. The van der Waals surface area contributed by atoms with Crippen molar-refractivity contribution in [3.63, 3.8) is 0 Å². The Bertz CT molecular complexity index is 860. The van der Waals surface area contributed by atoms with Crippen molar-refractivity contribution in [1.82, 2.24) is 0 Å². The highest BCUT2D eigenvalue weighted by Crippen LogP contribution is 2.26. The van der Waals surface area contributed by atoms with Gasteiger partial charge in [0.05, 0.1) is 12.5 Å². The summed E-state index contributed by atoms with van der Waals surface area (Å²) in [5.41, 5.74) is 3.08. The number of hydrogen-bond acceptors (Lipinski definition) is 2. The second-order valence-corrected chi connectivity index (χ2v) is 6.23. The monoisotopic (exact) mass is 348 g/mol. The summed E-state index contributed by atoms with van der Waals surface area (Å²) in [6.45, 7) is 2.06. The number of hydrogen-bond donors (Lipinski definition) is 0. The van der Waals surface area contributed by atoms with Crippen LogP contribution in [0.3, 0.4) is 0 Å². The molecule has 0 aromatic heterocycles. The molecule has 0 N–H and O–H groups in total. The molecule has 2 nitrogen and oxygen atoms in total. The van der Waals surface area contributed by atoms with Gasteiger partial charge in [0.1, 0.15) is 5.82 Å². The molecule has 1 atom stereocenters. The van der Waals surface area contributed by atoms with Gasteiger partial charge in [-0.3, -0.25) is 4.79 Å². The molecule has 0 amide bonds. The van der Waals surface area contributed by atoms with Gasteiger partial charge in [-0.1, -0.05) is 72.8 Å². The lowest BCUT2D eigenvalue weighted by molar-refractivity contribution is -0.144. The van der Waals surface area contributed by atoms with Gasteiger partial charge in [0.25, 0.3) is 0 Å². The smallest absolute Gasteiger partial charge is 0.313 e. The topological polar surface area (TPSA) is 26.3 Å². The van der Waals surface area contributed by atoms with Crippen LogP contribution in [0, 0.1) is 5.82 Å². The van der Waals surface area contributed by atoms with E-state index >= 15 is 0 Å². The molecule has 0 aliphatic heterocycles. The second-order valence-electron chi connectivity index (χ2n) is 6.23. The Labute approximate surface area is 153 Å². The highest BCUT2D eigenvalue weighted by atomic mass is 19.1. The average Bonchev–Trinajstić information content (AvgIpc) is 2.68. The molecule has 3 heteroatoms. The van der Waals surface area contributed by atoms with Gasteiger partial charge in [0, 0.05) is 12.0 Å². The lowest BCUT2D eigenvalue weighted by Crippen LogP contribution is -2.15. The minimum Gasteiger partial charge on any atom is -0.465 e. The van der Waals surface area contributed by atoms with Crippen molar-refractivity contribution in [3.8, 4) is 11.1 Å². The summed E-state index contributed by atoms with van der Waals surface area (Å²) >= 11 is 0. The summed E-state index contributed by atoms with van der Waals surface area (Å²) in [5, 5.41) is 0. The van der Waals surface area contributed by atoms with Gasteiger partial charge < -0.3 is 4.74 Å². The van der Waals surface area contributed by atoms with E-state index in [0.29, 0.717) is 24.2 Å². The standard InChI is InChI=1S/C23H21FO2/c1-17(23(25)26-15-14-18-8-4-2-5-9-18)20-12-13-21(22(24)16-20)19-10-6-3-7-11-19/h2-13,16-17H,14-15H2,1H3/t17-/m1/s1. The second kappa shape index (κ2) is 8.43. The van der Waals surface area contributed by atoms with Crippen LogP contribution < -0.4 is 0 Å². The van der Waals surface area contributed by atoms with E-state index in [1.165, 1.54) is 6.07 Å². The highest BCUT2D eigenvalue weighted by molar-refractivity contribution is 5.78. The highest BCUT2D eigenvalue weighted by Gasteiger charge is 2.18. The first-order chi connectivity index (χ1) is 12.6. The quantitative estimate of drug-likeness (QED) is 0.559. The van der Waals surface area contributed by atoms with E-state index in [-0.39, 0.29) is 11.8 Å². The van der Waals surface area contributed by atoms with Crippen molar-refractivity contribution in [2.24, 2.45) is 0 Å². The van der Waals surface area contributed by atoms with Gasteiger partial charge in [0.2, 0.25) is 0 Å². The van der Waals surface area contributed by atoms with Crippen molar-refractivity contribution < 1.29 is 13.9 Å². The fourth-order valence-corrected chi connectivity index (χ4v) is 2.83. The minimum atomic E-state index is -0.509. The Hall–Kier alpha value is -2.94. The Morgan fingerprint density at radius 3 is 2.27 bits per heavy atom. The Kier molecular flexibility index (Phi) is 5.80. The van der Waals surface area contributed by atoms with Gasteiger partial charge in [-0.15, -0.1) is 0 Å². The summed E-state index contributed by atoms with van der Waals surface area (Å²) in [5.74, 6) is -1.18. The summed E-state index contributed by atoms with van der Waals surface area (Å²) < 4.78 is 19.8. The molecule has 0 radical (unpaired) electrons. The zero-order chi connectivity index (χ0) is 18.4. The number of ether oxygens (including phenoxy) is 1. The molecule has 3 aromatic carbocycles. The van der Waals surface area contributed by atoms with Crippen LogP contribution in [0.25, 0.3) is 11.1 Å². The van der Waals surface area contributed by atoms with Gasteiger partial charge in [-0.25, -0.2) is 4.39 Å². The molecule has 3 rings (SSSR count). The maximum atomic E-state index is 14.5. The molecule has 0 heterocycles. The lowest BCUT2D eigenvalue weighted by atomic mass is 9.97. The number of carbonyl (C=O) groups excluding carboxylic acids is 1. The van der Waals surface area contributed by atoms with E-state index in [0.717, 1.165) is 11.1 Å². The summed E-state index contributed by atoms with van der Waals surface area (Å²) in [6.07, 6.45) is 0.667. The average molecular weight is 348 g/mol. The Balaban J connectivity index is 1.63. The number of rotatable bonds is 6. The molecule has 0 saturated heterocycles. The molecule has 0 saturated carbocycles. The van der Waals surface area contributed by atoms with Gasteiger partial charge in [0.15, 0.2) is 0 Å². The largest absolute Gasteiger partial charge is 0.465 e. The van der Waals surface area contributed by atoms with Crippen molar-refractivity contribution >= 4 is 5.97 Å². The summed E-state index contributed by atoms with van der Waals surface area (Å²) in [4.78, 5) is 12.3. The van der Waals surface area contributed by atoms with E-state index < -0.39 is 5.92 Å². The van der Waals surface area contributed by atoms with Crippen molar-refractivity contribution in [1.29, 1.82) is 0 Å². The predicted octanol–water partition coefficient (Wildman–Crippen LogP) is 5.38. The first-order valence-electron chi connectivity index (χ1n) is 8.70. The zero-order valence-electron chi connectivity index (χ0n) is 14.7. The van der Waals surface area contributed by atoms with E-state index in [1.54, 1.807) is 19.1 Å². The Morgan fingerprint density at radius 2 is 1.62 bits per heavy atom. The van der Waals surface area contributed by atoms with Crippen molar-refractivity contribution in [2.75, 3.05) is 6.61 Å². The van der Waals surface area contributed by atoms with Crippen LogP contribution in [-0.4, -0.2) is 12.6 Å². The molecule has 0 unspecified atom stereocenters.